The van der Waals surface area contributed by atoms with Crippen LogP contribution in [0.4, 0.5) is 0 Å². The number of likely N-dealkylation sites (N-methyl/N-ethyl adjacent to an activating group) is 2. The zero-order chi connectivity index (χ0) is 13.0. The minimum absolute atomic E-state index is 0.309. The maximum atomic E-state index is 12.0. The van der Waals surface area contributed by atoms with Gasteiger partial charge in [-0.1, -0.05) is 12.8 Å². The number of carbonyl (C=O) groups is 1. The molecule has 2 unspecified atom stereocenters. The summed E-state index contributed by atoms with van der Waals surface area (Å²) in [5, 5.41) is 0. The monoisotopic (exact) mass is 252 g/mol. The third kappa shape index (κ3) is 3.79. The number of Topliss-reactive ketones (excluding diaryl/α,β-unsaturated/α-hetero) is 1. The molecular formula is C15H28N2O. The molecule has 2 fully saturated rings. The van der Waals surface area contributed by atoms with Crippen molar-refractivity contribution in [1.29, 1.82) is 0 Å². The molecule has 0 aromatic carbocycles. The van der Waals surface area contributed by atoms with Gasteiger partial charge in [0.1, 0.15) is 5.78 Å². The fraction of sp³-hybridized carbons (Fsp3) is 0.933. The highest BCUT2D eigenvalue weighted by Crippen LogP contribution is 2.22. The maximum absolute atomic E-state index is 12.0. The molecule has 18 heavy (non-hydrogen) atoms. The SMILES string of the molecule is CN(CC1CCCCCC1=O)CC1CCCN1C. The second-order valence-electron chi connectivity index (χ2n) is 6.26. The lowest BCUT2D eigenvalue weighted by atomic mass is 9.98. The summed E-state index contributed by atoms with van der Waals surface area (Å²) in [6.45, 7) is 3.34. The normalized spacial score (nSPS) is 30.9. The zero-order valence-corrected chi connectivity index (χ0v) is 12.0. The van der Waals surface area contributed by atoms with Crippen molar-refractivity contribution in [1.82, 2.24) is 9.80 Å². The molecule has 2 rings (SSSR count). The summed E-state index contributed by atoms with van der Waals surface area (Å²) < 4.78 is 0. The van der Waals surface area contributed by atoms with Gasteiger partial charge in [0.25, 0.3) is 0 Å². The van der Waals surface area contributed by atoms with Crippen molar-refractivity contribution in [3.05, 3.63) is 0 Å². The van der Waals surface area contributed by atoms with E-state index in [1.54, 1.807) is 0 Å². The highest BCUT2D eigenvalue weighted by molar-refractivity contribution is 5.81. The number of hydrogen-bond donors (Lipinski definition) is 0. The van der Waals surface area contributed by atoms with Crippen molar-refractivity contribution in [2.24, 2.45) is 5.92 Å². The molecule has 0 bridgehead atoms. The Bertz CT molecular complexity index is 280. The number of hydrogen-bond acceptors (Lipinski definition) is 3. The quantitative estimate of drug-likeness (QED) is 0.716. The van der Waals surface area contributed by atoms with Crippen LogP contribution in [0.1, 0.15) is 44.9 Å². The Labute approximate surface area is 112 Å². The van der Waals surface area contributed by atoms with Crippen molar-refractivity contribution in [2.75, 3.05) is 33.7 Å². The van der Waals surface area contributed by atoms with Gasteiger partial charge in [0.2, 0.25) is 0 Å². The van der Waals surface area contributed by atoms with E-state index in [4.69, 9.17) is 0 Å². The van der Waals surface area contributed by atoms with Gasteiger partial charge in [-0.15, -0.1) is 0 Å². The first-order chi connectivity index (χ1) is 8.66. The molecule has 104 valence electrons. The number of nitrogens with zero attached hydrogens (tertiary/aromatic N) is 2. The fourth-order valence-electron chi connectivity index (χ4n) is 3.45. The molecule has 3 heteroatoms. The van der Waals surface area contributed by atoms with Crippen LogP contribution in [-0.2, 0) is 4.79 Å². The molecule has 0 spiro atoms. The first kappa shape index (κ1) is 14.0. The zero-order valence-electron chi connectivity index (χ0n) is 12.0. The topological polar surface area (TPSA) is 23.6 Å². The van der Waals surface area contributed by atoms with E-state index in [2.05, 4.69) is 23.9 Å². The van der Waals surface area contributed by atoms with Crippen LogP contribution in [-0.4, -0.2) is 55.4 Å². The number of ketones is 1. The van der Waals surface area contributed by atoms with Crippen molar-refractivity contribution in [2.45, 2.75) is 51.0 Å². The third-order valence-corrected chi connectivity index (χ3v) is 4.66. The highest BCUT2D eigenvalue weighted by atomic mass is 16.1. The fourth-order valence-corrected chi connectivity index (χ4v) is 3.45. The molecule has 0 aromatic heterocycles. The van der Waals surface area contributed by atoms with Crippen LogP contribution in [0, 0.1) is 5.92 Å². The average Bonchev–Trinajstić information content (AvgIpc) is 2.61. The molecule has 1 aliphatic heterocycles. The van der Waals surface area contributed by atoms with Crippen LogP contribution in [0.2, 0.25) is 0 Å². The summed E-state index contributed by atoms with van der Waals surface area (Å²) in [6, 6.07) is 0.705. The molecule has 2 aliphatic rings. The number of carbonyl (C=O) groups excluding carboxylic acids is 1. The van der Waals surface area contributed by atoms with Crippen LogP contribution in [0.15, 0.2) is 0 Å². The van der Waals surface area contributed by atoms with E-state index in [1.165, 1.54) is 32.2 Å². The lowest BCUT2D eigenvalue weighted by Crippen LogP contribution is -2.39. The van der Waals surface area contributed by atoms with Crippen LogP contribution >= 0.6 is 0 Å². The van der Waals surface area contributed by atoms with Crippen LogP contribution in [0.3, 0.4) is 0 Å². The molecule has 3 nitrogen and oxygen atoms in total. The lowest BCUT2D eigenvalue weighted by molar-refractivity contribution is -0.123. The second-order valence-corrected chi connectivity index (χ2v) is 6.26. The Morgan fingerprint density at radius 2 is 2.00 bits per heavy atom. The largest absolute Gasteiger partial charge is 0.304 e. The summed E-state index contributed by atoms with van der Waals surface area (Å²) in [7, 11) is 4.41. The maximum Gasteiger partial charge on any atom is 0.137 e. The van der Waals surface area contributed by atoms with E-state index in [0.29, 0.717) is 17.7 Å². The molecule has 1 saturated heterocycles. The third-order valence-electron chi connectivity index (χ3n) is 4.66. The van der Waals surface area contributed by atoms with Gasteiger partial charge in [0.15, 0.2) is 0 Å². The van der Waals surface area contributed by atoms with Gasteiger partial charge in [-0.25, -0.2) is 0 Å². The van der Waals surface area contributed by atoms with Gasteiger partial charge in [-0.05, 0) is 46.3 Å². The predicted molar refractivity (Wildman–Crippen MR) is 74.7 cm³/mol. The van der Waals surface area contributed by atoms with Crippen molar-refractivity contribution in [3.63, 3.8) is 0 Å². The first-order valence-electron chi connectivity index (χ1n) is 7.58. The minimum atomic E-state index is 0.309. The van der Waals surface area contributed by atoms with Gasteiger partial charge >= 0.3 is 0 Å². The lowest BCUT2D eigenvalue weighted by Gasteiger charge is -2.28. The molecule has 1 aliphatic carbocycles. The van der Waals surface area contributed by atoms with Crippen molar-refractivity contribution >= 4 is 5.78 Å². The van der Waals surface area contributed by atoms with Gasteiger partial charge in [0, 0.05) is 31.5 Å². The average molecular weight is 252 g/mol. The van der Waals surface area contributed by atoms with E-state index in [0.717, 1.165) is 32.4 Å². The summed E-state index contributed by atoms with van der Waals surface area (Å²) in [5.41, 5.74) is 0. The first-order valence-corrected chi connectivity index (χ1v) is 7.58. The summed E-state index contributed by atoms with van der Waals surface area (Å²) in [6.07, 6.45) is 8.19. The molecule has 0 amide bonds. The predicted octanol–water partition coefficient (Wildman–Crippen LogP) is 2.16. The molecule has 0 N–H and O–H groups in total. The van der Waals surface area contributed by atoms with Crippen LogP contribution in [0.25, 0.3) is 0 Å². The van der Waals surface area contributed by atoms with Crippen LogP contribution < -0.4 is 0 Å². The smallest absolute Gasteiger partial charge is 0.137 e. The summed E-state index contributed by atoms with van der Waals surface area (Å²) in [5.74, 6) is 0.823. The molecular weight excluding hydrogens is 224 g/mol. The highest BCUT2D eigenvalue weighted by Gasteiger charge is 2.25. The van der Waals surface area contributed by atoms with Gasteiger partial charge in [0.05, 0.1) is 0 Å². The molecule has 1 saturated carbocycles. The van der Waals surface area contributed by atoms with E-state index in [9.17, 15) is 4.79 Å². The van der Waals surface area contributed by atoms with Crippen molar-refractivity contribution in [3.8, 4) is 0 Å². The molecule has 0 radical (unpaired) electrons. The van der Waals surface area contributed by atoms with E-state index >= 15 is 0 Å². The Kier molecular flexibility index (Phi) is 5.19. The molecule has 2 atom stereocenters. The molecule has 1 heterocycles. The number of likely N-dealkylation sites (tertiary alicyclic amines) is 1. The molecule has 0 aromatic rings. The summed E-state index contributed by atoms with van der Waals surface area (Å²) >= 11 is 0. The van der Waals surface area contributed by atoms with Crippen LogP contribution in [0.5, 0.6) is 0 Å². The summed E-state index contributed by atoms with van der Waals surface area (Å²) in [4.78, 5) is 16.9. The Balaban J connectivity index is 1.78. The van der Waals surface area contributed by atoms with E-state index in [-0.39, 0.29) is 0 Å². The Morgan fingerprint density at radius 3 is 2.72 bits per heavy atom. The van der Waals surface area contributed by atoms with Gasteiger partial charge < -0.3 is 9.80 Å². The van der Waals surface area contributed by atoms with E-state index < -0.39 is 0 Å². The van der Waals surface area contributed by atoms with Gasteiger partial charge in [-0.3, -0.25) is 4.79 Å². The Hall–Kier alpha value is -0.410. The minimum Gasteiger partial charge on any atom is -0.304 e. The number of rotatable bonds is 4. The van der Waals surface area contributed by atoms with Crippen molar-refractivity contribution < 1.29 is 4.79 Å². The standard InChI is InChI=1S/C15H28N2O/c1-16(12-14-8-6-10-17(14)2)11-13-7-4-3-5-9-15(13)18/h13-14H,3-12H2,1-2H3. The second kappa shape index (κ2) is 6.67. The van der Waals surface area contributed by atoms with E-state index in [1.807, 2.05) is 0 Å². The van der Waals surface area contributed by atoms with Gasteiger partial charge in [-0.2, -0.15) is 0 Å². The Morgan fingerprint density at radius 1 is 1.17 bits per heavy atom.